The fourth-order valence-corrected chi connectivity index (χ4v) is 4.78. The molecule has 3 rings (SSSR count). The van der Waals surface area contributed by atoms with Gasteiger partial charge in [-0.2, -0.15) is 0 Å². The van der Waals surface area contributed by atoms with Crippen LogP contribution in [0.25, 0.3) is 0 Å². The zero-order chi connectivity index (χ0) is 28.4. The SMILES string of the molecule is CCCCNC(=O)[C@@H](C)N(Cc1ccc(C)cc1)C(=O)CN(c1ccc(Oc2ccccc2)cc1)S(C)(=O)=O. The van der Waals surface area contributed by atoms with Gasteiger partial charge in [-0.3, -0.25) is 13.9 Å². The van der Waals surface area contributed by atoms with Gasteiger partial charge in [0, 0.05) is 13.1 Å². The monoisotopic (exact) mass is 551 g/mol. The Balaban J connectivity index is 1.83. The maximum atomic E-state index is 13.6. The normalized spacial score (nSPS) is 11.9. The molecule has 0 aliphatic carbocycles. The molecule has 39 heavy (non-hydrogen) atoms. The van der Waals surface area contributed by atoms with Crippen LogP contribution in [0.3, 0.4) is 0 Å². The topological polar surface area (TPSA) is 96.0 Å². The maximum Gasteiger partial charge on any atom is 0.244 e. The zero-order valence-corrected chi connectivity index (χ0v) is 23.8. The first kappa shape index (κ1) is 29.7. The van der Waals surface area contributed by atoms with E-state index in [0.717, 1.165) is 34.5 Å². The predicted molar refractivity (Wildman–Crippen MR) is 154 cm³/mol. The van der Waals surface area contributed by atoms with Crippen LogP contribution in [0.5, 0.6) is 11.5 Å². The molecular weight excluding hydrogens is 514 g/mol. The summed E-state index contributed by atoms with van der Waals surface area (Å²) >= 11 is 0. The van der Waals surface area contributed by atoms with E-state index >= 15 is 0 Å². The van der Waals surface area contributed by atoms with Gasteiger partial charge in [-0.25, -0.2) is 8.42 Å². The summed E-state index contributed by atoms with van der Waals surface area (Å²) in [5.41, 5.74) is 2.24. The van der Waals surface area contributed by atoms with Crippen LogP contribution in [0.4, 0.5) is 5.69 Å². The Morgan fingerprint density at radius 3 is 2.13 bits per heavy atom. The van der Waals surface area contributed by atoms with Crippen molar-refractivity contribution >= 4 is 27.5 Å². The lowest BCUT2D eigenvalue weighted by atomic mass is 10.1. The molecule has 2 amide bonds. The van der Waals surface area contributed by atoms with Gasteiger partial charge in [-0.05, 0) is 62.2 Å². The lowest BCUT2D eigenvalue weighted by Gasteiger charge is -2.31. The molecule has 0 aliphatic rings. The number of benzene rings is 3. The Morgan fingerprint density at radius 1 is 0.923 bits per heavy atom. The number of aryl methyl sites for hydroxylation is 1. The van der Waals surface area contributed by atoms with Crippen LogP contribution in [-0.2, 0) is 26.2 Å². The molecule has 1 atom stereocenters. The van der Waals surface area contributed by atoms with Crippen LogP contribution < -0.4 is 14.4 Å². The summed E-state index contributed by atoms with van der Waals surface area (Å²) in [6, 6.07) is 22.6. The molecule has 1 N–H and O–H groups in total. The van der Waals surface area contributed by atoms with Crippen LogP contribution >= 0.6 is 0 Å². The lowest BCUT2D eigenvalue weighted by molar-refractivity contribution is -0.139. The molecule has 0 aliphatic heterocycles. The number of hydrogen-bond acceptors (Lipinski definition) is 5. The van der Waals surface area contributed by atoms with Crippen molar-refractivity contribution in [3.05, 3.63) is 90.0 Å². The van der Waals surface area contributed by atoms with Gasteiger partial charge >= 0.3 is 0 Å². The highest BCUT2D eigenvalue weighted by atomic mass is 32.2. The van der Waals surface area contributed by atoms with Gasteiger partial charge < -0.3 is 15.0 Å². The Morgan fingerprint density at radius 2 is 1.54 bits per heavy atom. The molecule has 0 spiro atoms. The molecule has 8 nitrogen and oxygen atoms in total. The average Bonchev–Trinajstić information content (AvgIpc) is 2.91. The molecule has 0 saturated carbocycles. The first-order valence-corrected chi connectivity index (χ1v) is 14.9. The van der Waals surface area contributed by atoms with E-state index in [0.29, 0.717) is 23.7 Å². The van der Waals surface area contributed by atoms with Crippen molar-refractivity contribution in [3.63, 3.8) is 0 Å². The third-order valence-corrected chi connectivity index (χ3v) is 7.39. The average molecular weight is 552 g/mol. The van der Waals surface area contributed by atoms with Gasteiger partial charge in [-0.15, -0.1) is 0 Å². The fourth-order valence-electron chi connectivity index (χ4n) is 3.93. The standard InChI is InChI=1S/C30H37N3O5S/c1-5-6-20-31-30(35)24(3)32(21-25-14-12-23(2)13-15-25)29(34)22-33(39(4,36)37)26-16-18-28(19-17-26)38-27-10-8-7-9-11-27/h7-19,24H,5-6,20-22H2,1-4H3,(H,31,35)/t24-/m1/s1. The summed E-state index contributed by atoms with van der Waals surface area (Å²) in [4.78, 5) is 28.0. The van der Waals surface area contributed by atoms with Crippen molar-refractivity contribution in [2.75, 3.05) is 23.7 Å². The molecule has 3 aromatic carbocycles. The molecule has 0 fully saturated rings. The first-order chi connectivity index (χ1) is 18.6. The van der Waals surface area contributed by atoms with E-state index in [4.69, 9.17) is 4.74 Å². The third-order valence-electron chi connectivity index (χ3n) is 6.25. The Labute approximate surface area is 231 Å². The van der Waals surface area contributed by atoms with Crippen molar-refractivity contribution in [2.45, 2.75) is 46.2 Å². The van der Waals surface area contributed by atoms with Gasteiger partial charge in [0.05, 0.1) is 11.9 Å². The number of unbranched alkanes of at least 4 members (excludes halogenated alkanes) is 1. The number of nitrogens with one attached hydrogen (secondary N) is 1. The Kier molecular flexibility index (Phi) is 10.5. The predicted octanol–water partition coefficient (Wildman–Crippen LogP) is 4.89. The van der Waals surface area contributed by atoms with E-state index in [1.807, 2.05) is 68.4 Å². The summed E-state index contributed by atoms with van der Waals surface area (Å²) in [7, 11) is -3.82. The highest BCUT2D eigenvalue weighted by Crippen LogP contribution is 2.26. The molecule has 9 heteroatoms. The highest BCUT2D eigenvalue weighted by Gasteiger charge is 2.30. The molecule has 0 saturated heterocycles. The molecule has 0 radical (unpaired) electrons. The number of amides is 2. The largest absolute Gasteiger partial charge is 0.457 e. The minimum absolute atomic E-state index is 0.170. The minimum atomic E-state index is -3.82. The number of anilines is 1. The number of carbonyl (C=O) groups excluding carboxylic acids is 2. The summed E-state index contributed by atoms with van der Waals surface area (Å²) < 4.78 is 32.4. The molecule has 208 valence electrons. The van der Waals surface area contributed by atoms with Crippen LogP contribution in [0, 0.1) is 6.92 Å². The molecule has 0 heterocycles. The summed E-state index contributed by atoms with van der Waals surface area (Å²) in [5.74, 6) is 0.419. The van der Waals surface area contributed by atoms with Gasteiger partial charge in [0.15, 0.2) is 0 Å². The van der Waals surface area contributed by atoms with E-state index < -0.39 is 28.5 Å². The van der Waals surface area contributed by atoms with Gasteiger partial charge in [-0.1, -0.05) is 61.4 Å². The number of carbonyl (C=O) groups is 2. The van der Waals surface area contributed by atoms with Crippen LogP contribution in [0.1, 0.15) is 37.8 Å². The second-order valence-electron chi connectivity index (χ2n) is 9.51. The molecule has 0 unspecified atom stereocenters. The van der Waals surface area contributed by atoms with E-state index in [-0.39, 0.29) is 12.5 Å². The second kappa shape index (κ2) is 13.8. The van der Waals surface area contributed by atoms with Crippen molar-refractivity contribution < 1.29 is 22.7 Å². The number of para-hydroxylation sites is 1. The Hall–Kier alpha value is -3.85. The van der Waals surface area contributed by atoms with Crippen molar-refractivity contribution in [1.82, 2.24) is 10.2 Å². The van der Waals surface area contributed by atoms with Gasteiger partial charge in [0.2, 0.25) is 21.8 Å². The van der Waals surface area contributed by atoms with E-state index in [2.05, 4.69) is 5.32 Å². The lowest BCUT2D eigenvalue weighted by Crippen LogP contribution is -2.51. The maximum absolute atomic E-state index is 13.6. The number of ether oxygens (including phenoxy) is 1. The summed E-state index contributed by atoms with van der Waals surface area (Å²) in [6.45, 7) is 5.89. The molecular formula is C30H37N3O5S. The van der Waals surface area contributed by atoms with Crippen molar-refractivity contribution in [1.29, 1.82) is 0 Å². The number of hydrogen-bond donors (Lipinski definition) is 1. The quantitative estimate of drug-likeness (QED) is 0.305. The van der Waals surface area contributed by atoms with Crippen LogP contribution in [0.2, 0.25) is 0 Å². The van der Waals surface area contributed by atoms with E-state index in [1.54, 1.807) is 31.2 Å². The number of sulfonamides is 1. The fraction of sp³-hybridized carbons (Fsp3) is 0.333. The summed E-state index contributed by atoms with van der Waals surface area (Å²) in [6.07, 6.45) is 2.81. The minimum Gasteiger partial charge on any atom is -0.457 e. The molecule has 0 bridgehead atoms. The molecule has 0 aromatic heterocycles. The first-order valence-electron chi connectivity index (χ1n) is 13.0. The van der Waals surface area contributed by atoms with Crippen LogP contribution in [-0.4, -0.2) is 50.5 Å². The number of nitrogens with zero attached hydrogens (tertiary/aromatic N) is 2. The molecule has 3 aromatic rings. The van der Waals surface area contributed by atoms with Crippen molar-refractivity contribution in [2.24, 2.45) is 0 Å². The highest BCUT2D eigenvalue weighted by molar-refractivity contribution is 7.92. The van der Waals surface area contributed by atoms with Crippen LogP contribution in [0.15, 0.2) is 78.9 Å². The zero-order valence-electron chi connectivity index (χ0n) is 23.0. The third kappa shape index (κ3) is 8.85. The Bertz CT molecular complexity index is 1330. The van der Waals surface area contributed by atoms with E-state index in [9.17, 15) is 18.0 Å². The smallest absolute Gasteiger partial charge is 0.244 e. The second-order valence-corrected chi connectivity index (χ2v) is 11.4. The van der Waals surface area contributed by atoms with Gasteiger partial charge in [0.1, 0.15) is 24.1 Å². The van der Waals surface area contributed by atoms with E-state index in [1.165, 1.54) is 4.90 Å². The van der Waals surface area contributed by atoms with Gasteiger partial charge in [0.25, 0.3) is 0 Å². The number of rotatable bonds is 13. The summed E-state index contributed by atoms with van der Waals surface area (Å²) in [5, 5.41) is 2.88. The van der Waals surface area contributed by atoms with Crippen molar-refractivity contribution in [3.8, 4) is 11.5 Å².